The number of ether oxygens (including phenoxy) is 3. The summed E-state index contributed by atoms with van der Waals surface area (Å²) in [5.41, 5.74) is 5.45. The molecule has 0 spiro atoms. The molecule has 0 saturated carbocycles. The van der Waals surface area contributed by atoms with Crippen molar-refractivity contribution in [2.45, 2.75) is 144 Å². The van der Waals surface area contributed by atoms with Gasteiger partial charge in [-0.25, -0.2) is 15.2 Å². The number of rotatable bonds is 28. The van der Waals surface area contributed by atoms with Crippen LogP contribution in [0.5, 0.6) is 5.75 Å². The topological polar surface area (TPSA) is 223 Å². The number of thiazole rings is 1. The van der Waals surface area contributed by atoms with Crippen molar-refractivity contribution in [1.82, 2.24) is 31.0 Å². The van der Waals surface area contributed by atoms with E-state index in [1.165, 1.54) is 29.3 Å². The maximum Gasteiger partial charge on any atom is 0.426 e. The Labute approximate surface area is 414 Å². The number of benzene rings is 1. The van der Waals surface area contributed by atoms with Gasteiger partial charge in [0.15, 0.2) is 18.6 Å². The molecule has 17 nitrogen and oxygen atoms in total. The Bertz CT molecular complexity index is 1940. The lowest BCUT2D eigenvalue weighted by atomic mass is 9.82. The summed E-state index contributed by atoms with van der Waals surface area (Å²) >= 11 is 1.10. The molecule has 20 heteroatoms. The van der Waals surface area contributed by atoms with Gasteiger partial charge >= 0.3 is 18.0 Å². The summed E-state index contributed by atoms with van der Waals surface area (Å²) in [7, 11) is 5.16. The monoisotopic (exact) mass is 1010 g/mol. The summed E-state index contributed by atoms with van der Waals surface area (Å²) in [6.45, 7) is 15.2. The average molecular weight is 1010 g/mol. The molecule has 0 bridgehead atoms. The summed E-state index contributed by atoms with van der Waals surface area (Å²) in [6.07, 6.45) is 2.71. The first kappa shape index (κ1) is 57.9. The Morgan fingerprint density at radius 2 is 1.69 bits per heavy atom. The van der Waals surface area contributed by atoms with Gasteiger partial charge in [-0.3, -0.25) is 39.1 Å². The predicted molar refractivity (Wildman–Crippen MR) is 265 cm³/mol. The number of likely N-dealkylation sites (tertiary alicyclic amines) is 1. The molecule has 3 rings (SSSR count). The molecule has 380 valence electrons. The van der Waals surface area contributed by atoms with Crippen molar-refractivity contribution in [3.8, 4) is 5.75 Å². The van der Waals surface area contributed by atoms with Crippen molar-refractivity contribution in [1.29, 1.82) is 0 Å². The number of aromatic nitrogens is 1. The van der Waals surface area contributed by atoms with E-state index in [4.69, 9.17) is 14.2 Å². The highest BCUT2D eigenvalue weighted by Crippen LogP contribution is 2.34. The van der Waals surface area contributed by atoms with Gasteiger partial charge in [-0.2, -0.15) is 0 Å². The first-order chi connectivity index (χ1) is 32.4. The van der Waals surface area contributed by atoms with Gasteiger partial charge in [-0.1, -0.05) is 95.0 Å². The summed E-state index contributed by atoms with van der Waals surface area (Å²) in [5, 5.41) is 14.7. The number of hydrogen-bond donors (Lipinski definition) is 4. The molecule has 4 amide bonds. The number of likely N-dealkylation sites (N-methyl/N-ethyl adjacent to an activating group) is 1. The number of phenols is 1. The molecule has 1 fully saturated rings. The molecule has 2 aromatic rings. The zero-order valence-electron chi connectivity index (χ0n) is 41.2. The second-order valence-electron chi connectivity index (χ2n) is 17.7. The Hall–Kier alpha value is -4.40. The lowest BCUT2D eigenvalue weighted by Crippen LogP contribution is -2.50. The molecule has 1 unspecified atom stereocenters. The summed E-state index contributed by atoms with van der Waals surface area (Å²) < 4.78 is 16.7. The fraction of sp³-hybridized carbons (Fsp3) is 0.667. The van der Waals surface area contributed by atoms with Crippen LogP contribution in [-0.4, -0.2) is 118 Å². The van der Waals surface area contributed by atoms with E-state index >= 15 is 0 Å². The number of carbonyl (C=O) groups is 7. The Balaban J connectivity index is 1.89. The van der Waals surface area contributed by atoms with Crippen LogP contribution < -0.4 is 16.2 Å². The summed E-state index contributed by atoms with van der Waals surface area (Å²) in [5.74, 6) is -2.70. The van der Waals surface area contributed by atoms with Crippen molar-refractivity contribution in [3.05, 3.63) is 45.9 Å². The molecule has 4 N–H and O–H groups in total. The minimum Gasteiger partial charge on any atom is -0.508 e. The third-order valence-corrected chi connectivity index (χ3v) is 15.4. The van der Waals surface area contributed by atoms with Crippen LogP contribution in [0.25, 0.3) is 0 Å². The molecule has 68 heavy (non-hydrogen) atoms. The number of nitrogens with one attached hydrogen (secondary N) is 3. The average Bonchev–Trinajstić information content (AvgIpc) is 3.80. The zero-order valence-corrected chi connectivity index (χ0v) is 43.7. The van der Waals surface area contributed by atoms with E-state index in [9.17, 15) is 38.7 Å². The number of esters is 2. The van der Waals surface area contributed by atoms with Crippen LogP contribution in [0.2, 0.25) is 0 Å². The number of carbonyl (C=O) groups excluding carboxylic acids is 7. The third kappa shape index (κ3) is 19.5. The van der Waals surface area contributed by atoms with E-state index in [1.807, 2.05) is 48.6 Å². The van der Waals surface area contributed by atoms with Crippen LogP contribution >= 0.6 is 32.9 Å². The van der Waals surface area contributed by atoms with Gasteiger partial charge in [-0.15, -0.1) is 11.3 Å². The smallest absolute Gasteiger partial charge is 0.426 e. The van der Waals surface area contributed by atoms with Crippen molar-refractivity contribution in [2.24, 2.45) is 23.7 Å². The van der Waals surface area contributed by atoms with E-state index in [0.717, 1.165) is 48.5 Å². The van der Waals surface area contributed by atoms with Crippen LogP contribution in [0, 0.1) is 23.7 Å². The molecule has 1 saturated heterocycles. The lowest BCUT2D eigenvalue weighted by molar-refractivity contribution is -0.161. The largest absolute Gasteiger partial charge is 0.508 e. The molecule has 0 radical (unpaired) electrons. The number of aromatic hydroxyl groups is 1. The van der Waals surface area contributed by atoms with Crippen LogP contribution in [0.3, 0.4) is 0 Å². The van der Waals surface area contributed by atoms with Gasteiger partial charge in [0.25, 0.3) is 5.91 Å². The van der Waals surface area contributed by atoms with E-state index in [2.05, 4.69) is 26.1 Å². The molecule has 0 aliphatic carbocycles. The molecular weight excluding hydrogens is 933 g/mol. The zero-order chi connectivity index (χ0) is 50.3. The van der Waals surface area contributed by atoms with Gasteiger partial charge in [0.1, 0.15) is 23.1 Å². The normalized spacial score (nSPS) is 16.6. The maximum atomic E-state index is 14.9. The molecule has 1 aliphatic heterocycles. The van der Waals surface area contributed by atoms with Gasteiger partial charge in [-0.05, 0) is 75.2 Å². The Kier molecular flexibility index (Phi) is 25.8. The SMILES string of the molecule is CCCC(=O)OCN(C(=O)[C@@H](CC(=O)[C@H]1CCCCN1C)C(C)CC)[C@H](C[C@@H](OC(C)=O)c1nc(C(=O)N[C@@H](Cc2ccc(O)cc2)C[C@H](C)C(=O)NNC(=O)OCCSSCC)cs1)C(C)C. The van der Waals surface area contributed by atoms with Crippen LogP contribution in [0.1, 0.15) is 140 Å². The second-order valence-corrected chi connectivity index (χ2v) is 21.5. The standard InChI is InChI=1S/C48H74N6O11S3/c1-10-15-43(58)64-29-54(47(61)37(31(6)11-2)26-41(57)39-16-13-14-21-53(39)9)40(30(4)5)27-42(65-33(8)55)46-50-38(28-66-46)45(60)49-35(25-34-17-19-36(56)20-18-34)24-32(7)44(59)51-52-48(62)63-22-23-68-67-12-3/h17-20,28,30-32,35,37,39-40,42,56H,10-16,21-27,29H2,1-9H3,(H,49,60)(H,51,59)(H,52,62)/t31?,32-,35+,37-,39+,40+,42+/m0/s1. The van der Waals surface area contributed by atoms with Gasteiger partial charge in [0.2, 0.25) is 11.8 Å². The molecule has 2 heterocycles. The Morgan fingerprint density at radius 3 is 2.32 bits per heavy atom. The Morgan fingerprint density at radius 1 is 0.971 bits per heavy atom. The van der Waals surface area contributed by atoms with E-state index in [-0.39, 0.29) is 86.5 Å². The van der Waals surface area contributed by atoms with Crippen molar-refractivity contribution in [3.63, 3.8) is 0 Å². The van der Waals surface area contributed by atoms with Crippen LogP contribution in [-0.2, 0) is 44.6 Å². The van der Waals surface area contributed by atoms with Gasteiger partial charge in [0.05, 0.1) is 6.04 Å². The second kappa shape index (κ2) is 30.3. The van der Waals surface area contributed by atoms with E-state index < -0.39 is 59.9 Å². The first-order valence-electron chi connectivity index (χ1n) is 23.8. The first-order valence-corrected chi connectivity index (χ1v) is 27.1. The molecular formula is C48H74N6O11S3. The highest BCUT2D eigenvalue weighted by Gasteiger charge is 2.40. The minimum atomic E-state index is -1.02. The van der Waals surface area contributed by atoms with Crippen molar-refractivity contribution < 1.29 is 52.9 Å². The highest BCUT2D eigenvalue weighted by molar-refractivity contribution is 8.76. The van der Waals surface area contributed by atoms with Crippen molar-refractivity contribution in [2.75, 3.05) is 38.4 Å². The number of nitrogens with zero attached hydrogens (tertiary/aromatic N) is 3. The van der Waals surface area contributed by atoms with Gasteiger partial charge < -0.3 is 29.5 Å². The van der Waals surface area contributed by atoms with Crippen molar-refractivity contribution >= 4 is 74.5 Å². The van der Waals surface area contributed by atoms with E-state index in [0.29, 0.717) is 23.6 Å². The maximum absolute atomic E-state index is 14.9. The minimum absolute atomic E-state index is 0.00508. The number of hydrazine groups is 1. The number of amides is 4. The van der Waals surface area contributed by atoms with Crippen LogP contribution in [0.15, 0.2) is 29.6 Å². The quantitative estimate of drug-likeness (QED) is 0.0161. The predicted octanol–water partition coefficient (Wildman–Crippen LogP) is 7.63. The third-order valence-electron chi connectivity index (χ3n) is 12.0. The fourth-order valence-electron chi connectivity index (χ4n) is 8.01. The number of piperidine rings is 1. The molecule has 1 aromatic carbocycles. The molecule has 1 aliphatic rings. The lowest BCUT2D eigenvalue weighted by Gasteiger charge is -2.39. The summed E-state index contributed by atoms with van der Waals surface area (Å²) in [4.78, 5) is 102. The highest BCUT2D eigenvalue weighted by atomic mass is 33.1. The molecule has 7 atom stereocenters. The number of hydrogen-bond acceptors (Lipinski definition) is 16. The van der Waals surface area contributed by atoms with E-state index in [1.54, 1.807) is 40.6 Å². The van der Waals surface area contributed by atoms with Gasteiger partial charge in [0, 0.05) is 67.0 Å². The fourth-order valence-corrected chi connectivity index (χ4v) is 10.3. The number of ketones is 1. The number of phenolic OH excluding ortho intramolecular Hbond substituents is 1. The summed E-state index contributed by atoms with van der Waals surface area (Å²) in [6, 6.07) is 4.90. The number of Topliss-reactive ketones (excluding diaryl/α,β-unsaturated/α-hetero) is 1. The van der Waals surface area contributed by atoms with Crippen LogP contribution in [0.4, 0.5) is 4.79 Å². The molecule has 1 aromatic heterocycles.